The summed E-state index contributed by atoms with van der Waals surface area (Å²) in [5.41, 5.74) is 1.23. The van der Waals surface area contributed by atoms with E-state index >= 15 is 0 Å². The summed E-state index contributed by atoms with van der Waals surface area (Å²) < 4.78 is 10.8. The molecule has 0 saturated carbocycles. The number of nitrogens with zero attached hydrogens (tertiary/aromatic N) is 1. The molecule has 0 aromatic heterocycles. The maximum absolute atomic E-state index is 10.3. The van der Waals surface area contributed by atoms with Crippen molar-refractivity contribution in [1.82, 2.24) is 4.90 Å². The predicted octanol–water partition coefficient (Wildman–Crippen LogP) is 3.62. The van der Waals surface area contributed by atoms with Crippen molar-refractivity contribution in [3.8, 4) is 5.75 Å². The number of rotatable bonds is 11. The third-order valence-corrected chi connectivity index (χ3v) is 4.05. The minimum atomic E-state index is -0.568. The van der Waals surface area contributed by atoms with Crippen molar-refractivity contribution in [1.29, 1.82) is 0 Å². The molecule has 2 aromatic rings. The van der Waals surface area contributed by atoms with Gasteiger partial charge in [0.25, 0.3) is 0 Å². The molecule has 0 bridgehead atoms. The normalized spacial score (nSPS) is 12.3. The molecule has 25 heavy (non-hydrogen) atoms. The Hall–Kier alpha value is -1.59. The second-order valence-electron chi connectivity index (χ2n) is 5.99. The summed E-state index contributed by atoms with van der Waals surface area (Å²) in [6.45, 7) is 3.16. The van der Waals surface area contributed by atoms with E-state index in [0.29, 0.717) is 23.9 Å². The van der Waals surface area contributed by atoms with Crippen LogP contribution in [0.4, 0.5) is 0 Å². The summed E-state index contributed by atoms with van der Waals surface area (Å²) in [6, 6.07) is 17.4. The lowest BCUT2D eigenvalue weighted by Gasteiger charge is -2.25. The monoisotopic (exact) mass is 363 g/mol. The molecule has 1 atom stereocenters. The van der Waals surface area contributed by atoms with E-state index in [1.165, 1.54) is 5.56 Å². The zero-order valence-electron chi connectivity index (χ0n) is 14.6. The summed E-state index contributed by atoms with van der Waals surface area (Å²) >= 11 is 5.86. The summed E-state index contributed by atoms with van der Waals surface area (Å²) in [6.07, 6.45) is 0.357. The maximum Gasteiger partial charge on any atom is 0.119 e. The first-order valence-electron chi connectivity index (χ1n) is 8.49. The van der Waals surface area contributed by atoms with Gasteiger partial charge in [0.1, 0.15) is 18.5 Å². The molecule has 0 aliphatic carbocycles. The predicted molar refractivity (Wildman–Crippen MR) is 101 cm³/mol. The highest BCUT2D eigenvalue weighted by Crippen LogP contribution is 2.16. The first kappa shape index (κ1) is 19.7. The zero-order valence-corrected chi connectivity index (χ0v) is 15.4. The first-order chi connectivity index (χ1) is 12.2. The number of aliphatic hydroxyl groups is 1. The van der Waals surface area contributed by atoms with Gasteiger partial charge in [-0.2, -0.15) is 0 Å². The number of methoxy groups -OCH3 is 1. The van der Waals surface area contributed by atoms with Crippen LogP contribution in [0.2, 0.25) is 5.02 Å². The van der Waals surface area contributed by atoms with Gasteiger partial charge in [0.15, 0.2) is 0 Å². The second-order valence-corrected chi connectivity index (χ2v) is 6.42. The third kappa shape index (κ3) is 7.88. The molecule has 0 spiro atoms. The van der Waals surface area contributed by atoms with Gasteiger partial charge in [-0.3, -0.25) is 4.90 Å². The minimum Gasteiger partial charge on any atom is -0.491 e. The van der Waals surface area contributed by atoms with Crippen molar-refractivity contribution in [2.24, 2.45) is 0 Å². The topological polar surface area (TPSA) is 41.9 Å². The lowest BCUT2D eigenvalue weighted by molar-refractivity contribution is 0.0617. The molecule has 2 rings (SSSR count). The van der Waals surface area contributed by atoms with E-state index in [1.54, 1.807) is 31.4 Å². The number of benzene rings is 2. The lowest BCUT2D eigenvalue weighted by Crippen LogP contribution is -2.36. The van der Waals surface area contributed by atoms with Crippen LogP contribution in [0.1, 0.15) is 12.0 Å². The SMILES string of the molecule is COCCCN(Cc1ccccc1)C[C@H](O)COc1ccc(Cl)cc1. The standard InChI is InChI=1S/C20H26ClNO3/c1-24-13-5-12-22(14-17-6-3-2-4-7-17)15-19(23)16-25-20-10-8-18(21)9-11-20/h2-4,6-11,19,23H,5,12-16H2,1H3/t19-/m0/s1. The van der Waals surface area contributed by atoms with Crippen LogP contribution < -0.4 is 4.74 Å². The Balaban J connectivity index is 1.84. The Morgan fingerprint density at radius 1 is 1.08 bits per heavy atom. The highest BCUT2D eigenvalue weighted by atomic mass is 35.5. The van der Waals surface area contributed by atoms with Crippen molar-refractivity contribution < 1.29 is 14.6 Å². The highest BCUT2D eigenvalue weighted by molar-refractivity contribution is 6.30. The van der Waals surface area contributed by atoms with E-state index in [2.05, 4.69) is 17.0 Å². The summed E-state index contributed by atoms with van der Waals surface area (Å²) in [5.74, 6) is 0.706. The van der Waals surface area contributed by atoms with E-state index in [4.69, 9.17) is 21.1 Å². The van der Waals surface area contributed by atoms with Gasteiger partial charge < -0.3 is 14.6 Å². The fraction of sp³-hybridized carbons (Fsp3) is 0.400. The number of aliphatic hydroxyl groups excluding tert-OH is 1. The third-order valence-electron chi connectivity index (χ3n) is 3.80. The van der Waals surface area contributed by atoms with Crippen LogP contribution in [-0.2, 0) is 11.3 Å². The van der Waals surface area contributed by atoms with E-state index in [9.17, 15) is 5.11 Å². The molecule has 5 heteroatoms. The molecule has 4 nitrogen and oxygen atoms in total. The van der Waals surface area contributed by atoms with Gasteiger partial charge in [-0.1, -0.05) is 41.9 Å². The van der Waals surface area contributed by atoms with Gasteiger partial charge in [0.2, 0.25) is 0 Å². The van der Waals surface area contributed by atoms with Crippen LogP contribution >= 0.6 is 11.6 Å². The molecule has 0 fully saturated rings. The molecule has 2 aromatic carbocycles. The van der Waals surface area contributed by atoms with Crippen LogP contribution in [0.5, 0.6) is 5.75 Å². The molecule has 0 saturated heterocycles. The van der Waals surface area contributed by atoms with Gasteiger partial charge in [-0.25, -0.2) is 0 Å². The first-order valence-corrected chi connectivity index (χ1v) is 8.87. The zero-order chi connectivity index (χ0) is 17.9. The number of hydrogen-bond donors (Lipinski definition) is 1. The Labute approximate surface area is 154 Å². The second kappa shape index (κ2) is 11.1. The quantitative estimate of drug-likeness (QED) is 0.619. The van der Waals surface area contributed by atoms with Gasteiger partial charge >= 0.3 is 0 Å². The largest absolute Gasteiger partial charge is 0.491 e. The van der Waals surface area contributed by atoms with Crippen LogP contribution in [0.15, 0.2) is 54.6 Å². The molecule has 136 valence electrons. The van der Waals surface area contributed by atoms with Crippen molar-refractivity contribution in [3.63, 3.8) is 0 Å². The van der Waals surface area contributed by atoms with E-state index in [-0.39, 0.29) is 6.61 Å². The lowest BCUT2D eigenvalue weighted by atomic mass is 10.2. The minimum absolute atomic E-state index is 0.247. The van der Waals surface area contributed by atoms with E-state index in [1.807, 2.05) is 18.2 Å². The summed E-state index contributed by atoms with van der Waals surface area (Å²) in [5, 5.41) is 11.0. The molecular weight excluding hydrogens is 338 g/mol. The van der Waals surface area contributed by atoms with Crippen LogP contribution in [-0.4, -0.2) is 49.5 Å². The number of hydrogen-bond acceptors (Lipinski definition) is 4. The van der Waals surface area contributed by atoms with E-state index < -0.39 is 6.10 Å². The average Bonchev–Trinajstić information content (AvgIpc) is 2.62. The molecule has 1 N–H and O–H groups in total. The Kier molecular flexibility index (Phi) is 8.77. The summed E-state index contributed by atoms with van der Waals surface area (Å²) in [4.78, 5) is 2.23. The average molecular weight is 364 g/mol. The van der Waals surface area contributed by atoms with Crippen molar-refractivity contribution in [3.05, 3.63) is 65.2 Å². The Bertz CT molecular complexity index is 592. The Morgan fingerprint density at radius 3 is 2.48 bits per heavy atom. The fourth-order valence-electron chi connectivity index (χ4n) is 2.58. The van der Waals surface area contributed by atoms with Crippen LogP contribution in [0, 0.1) is 0 Å². The van der Waals surface area contributed by atoms with Crippen molar-refractivity contribution in [2.45, 2.75) is 19.1 Å². The molecule has 0 amide bonds. The van der Waals surface area contributed by atoms with E-state index in [0.717, 1.165) is 19.5 Å². The van der Waals surface area contributed by atoms with Crippen LogP contribution in [0.25, 0.3) is 0 Å². The fourth-order valence-corrected chi connectivity index (χ4v) is 2.71. The van der Waals surface area contributed by atoms with Crippen LogP contribution in [0.3, 0.4) is 0 Å². The molecule has 0 aliphatic heterocycles. The Morgan fingerprint density at radius 2 is 1.80 bits per heavy atom. The number of ether oxygens (including phenoxy) is 2. The molecule has 0 unspecified atom stereocenters. The molecule has 0 aliphatic rings. The maximum atomic E-state index is 10.3. The van der Waals surface area contributed by atoms with Gasteiger partial charge in [0.05, 0.1) is 0 Å². The molecular formula is C20H26ClNO3. The van der Waals surface area contributed by atoms with Gasteiger partial charge in [0, 0.05) is 38.4 Å². The van der Waals surface area contributed by atoms with Crippen molar-refractivity contribution in [2.75, 3.05) is 33.4 Å². The van der Waals surface area contributed by atoms with Gasteiger partial charge in [-0.05, 0) is 36.2 Å². The van der Waals surface area contributed by atoms with Gasteiger partial charge in [-0.15, -0.1) is 0 Å². The smallest absolute Gasteiger partial charge is 0.119 e. The molecule has 0 heterocycles. The highest BCUT2D eigenvalue weighted by Gasteiger charge is 2.13. The number of halogens is 1. The summed E-state index contributed by atoms with van der Waals surface area (Å²) in [7, 11) is 1.70. The van der Waals surface area contributed by atoms with Crippen molar-refractivity contribution >= 4 is 11.6 Å². The molecule has 0 radical (unpaired) electrons.